The van der Waals surface area contributed by atoms with Crippen molar-refractivity contribution >= 4 is 45.2 Å². The second kappa shape index (κ2) is 10.3. The summed E-state index contributed by atoms with van der Waals surface area (Å²) in [7, 11) is 0. The van der Waals surface area contributed by atoms with Crippen molar-refractivity contribution in [2.24, 2.45) is 0 Å². The zero-order valence-corrected chi connectivity index (χ0v) is 22.0. The molecule has 3 aromatic heterocycles. The first-order valence-corrected chi connectivity index (χ1v) is 12.9. The molecule has 0 unspecified atom stereocenters. The van der Waals surface area contributed by atoms with Crippen LogP contribution in [-0.4, -0.2) is 73.5 Å². The average molecular weight is 536 g/mol. The summed E-state index contributed by atoms with van der Waals surface area (Å²) in [6.45, 7) is 7.01. The Kier molecular flexibility index (Phi) is 6.89. The van der Waals surface area contributed by atoms with Crippen LogP contribution in [0.4, 0.5) is 20.8 Å². The molecule has 38 heavy (non-hydrogen) atoms. The number of nitrogens with one attached hydrogen (secondary N) is 1. The van der Waals surface area contributed by atoms with Gasteiger partial charge >= 0.3 is 6.09 Å². The number of rotatable bonds is 4. The summed E-state index contributed by atoms with van der Waals surface area (Å²) in [4.78, 5) is 45.4. The predicted octanol–water partition coefficient (Wildman–Crippen LogP) is 4.72. The summed E-state index contributed by atoms with van der Waals surface area (Å²) in [5, 5.41) is 3.01. The van der Waals surface area contributed by atoms with Gasteiger partial charge in [0.05, 0.1) is 33.8 Å². The van der Waals surface area contributed by atoms with Gasteiger partial charge in [0.1, 0.15) is 17.0 Å². The number of hydrogen-bond donors (Lipinski definition) is 1. The number of benzene rings is 1. The third-order valence-corrected chi connectivity index (χ3v) is 6.62. The maximum atomic E-state index is 14.5. The largest absolute Gasteiger partial charge is 0.444 e. The lowest BCUT2D eigenvalue weighted by Crippen LogP contribution is -2.51. The number of carbonyl (C=O) groups is 2. The third-order valence-electron chi connectivity index (χ3n) is 5.81. The Hall–Kier alpha value is -4.19. The van der Waals surface area contributed by atoms with E-state index in [1.165, 1.54) is 17.5 Å². The minimum Gasteiger partial charge on any atom is -0.444 e. The molecule has 1 N–H and O–H groups in total. The van der Waals surface area contributed by atoms with Crippen LogP contribution in [0, 0.1) is 5.82 Å². The van der Waals surface area contributed by atoms with Crippen LogP contribution in [0.25, 0.3) is 21.5 Å². The van der Waals surface area contributed by atoms with Crippen molar-refractivity contribution in [1.82, 2.24) is 29.7 Å². The lowest BCUT2D eigenvalue weighted by molar-refractivity contribution is 0.0140. The van der Waals surface area contributed by atoms with Crippen LogP contribution >= 0.6 is 11.3 Å². The normalized spacial score (nSPS) is 14.0. The summed E-state index contributed by atoms with van der Waals surface area (Å²) >= 11 is 1.51. The molecule has 0 saturated carbocycles. The van der Waals surface area contributed by atoms with Crippen LogP contribution in [0.2, 0.25) is 0 Å². The molecule has 4 heterocycles. The number of ether oxygens (including phenoxy) is 1. The molecule has 2 amide bonds. The smallest absolute Gasteiger partial charge is 0.410 e. The monoisotopic (exact) mass is 535 g/mol. The molecule has 4 aromatic rings. The van der Waals surface area contributed by atoms with Gasteiger partial charge < -0.3 is 19.9 Å². The second-order valence-corrected chi connectivity index (χ2v) is 10.6. The van der Waals surface area contributed by atoms with E-state index in [9.17, 15) is 14.0 Å². The Morgan fingerprint density at radius 1 is 1.00 bits per heavy atom. The molecular formula is C26H26FN7O3S. The Morgan fingerprint density at radius 3 is 2.47 bits per heavy atom. The number of thiazole rings is 1. The number of fused-ring (bicyclic) bond motifs is 1. The van der Waals surface area contributed by atoms with E-state index in [0.717, 1.165) is 16.4 Å². The number of nitrogens with zero attached hydrogens (tertiary/aromatic N) is 6. The van der Waals surface area contributed by atoms with E-state index in [1.807, 2.05) is 26.8 Å². The minimum absolute atomic E-state index is 0.155. The van der Waals surface area contributed by atoms with E-state index in [4.69, 9.17) is 4.74 Å². The molecule has 10 nitrogen and oxygen atoms in total. The van der Waals surface area contributed by atoms with Gasteiger partial charge in [0.2, 0.25) is 5.95 Å². The van der Waals surface area contributed by atoms with Crippen molar-refractivity contribution in [2.45, 2.75) is 26.4 Å². The van der Waals surface area contributed by atoms with Crippen molar-refractivity contribution in [3.63, 3.8) is 0 Å². The minimum atomic E-state index is -0.569. The molecule has 0 spiro atoms. The Morgan fingerprint density at radius 2 is 1.76 bits per heavy atom. The lowest BCUT2D eigenvalue weighted by Gasteiger charge is -2.35. The van der Waals surface area contributed by atoms with E-state index in [2.05, 4.69) is 25.3 Å². The van der Waals surface area contributed by atoms with Crippen LogP contribution < -0.4 is 5.32 Å². The van der Waals surface area contributed by atoms with Gasteiger partial charge in [0.15, 0.2) is 5.82 Å². The van der Waals surface area contributed by atoms with E-state index >= 15 is 0 Å². The lowest BCUT2D eigenvalue weighted by atomic mass is 10.1. The standard InChI is InChI=1S/C26H26FN7O3S/c1-26(2,3)37-25(36)34-10-8-33(9-11-34)23(35)19-6-5-17(13-28-19)31-24-29-14-18(27)22(32-24)16-4-7-21-20(12-16)30-15-38-21/h4-7,12-15H,8-11H2,1-3H3,(H,29,31,32). The van der Waals surface area contributed by atoms with E-state index in [1.54, 1.807) is 39.6 Å². The van der Waals surface area contributed by atoms with Gasteiger partial charge in [-0.1, -0.05) is 6.07 Å². The number of halogens is 1. The van der Waals surface area contributed by atoms with E-state index < -0.39 is 11.4 Å². The Balaban J connectivity index is 1.22. The zero-order chi connectivity index (χ0) is 26.9. The topological polar surface area (TPSA) is 113 Å². The van der Waals surface area contributed by atoms with E-state index in [0.29, 0.717) is 37.4 Å². The third kappa shape index (κ3) is 5.70. The summed E-state index contributed by atoms with van der Waals surface area (Å²) < 4.78 is 20.9. The fraction of sp³-hybridized carbons (Fsp3) is 0.308. The van der Waals surface area contributed by atoms with E-state index in [-0.39, 0.29) is 29.3 Å². The highest BCUT2D eigenvalue weighted by Crippen LogP contribution is 2.27. The quantitative estimate of drug-likeness (QED) is 0.399. The second-order valence-electron chi connectivity index (χ2n) is 9.74. The zero-order valence-electron chi connectivity index (χ0n) is 21.1. The molecule has 1 aliphatic heterocycles. The summed E-state index contributed by atoms with van der Waals surface area (Å²) in [5.74, 6) is -0.576. The van der Waals surface area contributed by atoms with Gasteiger partial charge in [-0.05, 0) is 45.0 Å². The molecule has 0 bridgehead atoms. The molecule has 1 aromatic carbocycles. The van der Waals surface area contributed by atoms with Crippen molar-refractivity contribution in [3.8, 4) is 11.3 Å². The molecule has 1 saturated heterocycles. The summed E-state index contributed by atoms with van der Waals surface area (Å²) in [6.07, 6.45) is 2.23. The van der Waals surface area contributed by atoms with Crippen LogP contribution in [0.5, 0.6) is 0 Å². The number of carbonyl (C=O) groups excluding carboxylic acids is 2. The molecule has 0 atom stereocenters. The average Bonchev–Trinajstić information content (AvgIpc) is 3.37. The highest BCUT2D eigenvalue weighted by molar-refractivity contribution is 7.16. The first-order chi connectivity index (χ1) is 18.2. The van der Waals surface area contributed by atoms with Crippen molar-refractivity contribution in [1.29, 1.82) is 0 Å². The molecule has 0 radical (unpaired) electrons. The number of anilines is 2. The number of aromatic nitrogens is 4. The molecule has 5 rings (SSSR count). The van der Waals surface area contributed by atoms with Crippen LogP contribution in [0.1, 0.15) is 31.3 Å². The number of piperazine rings is 1. The van der Waals surface area contributed by atoms with Crippen LogP contribution in [-0.2, 0) is 4.74 Å². The maximum absolute atomic E-state index is 14.5. The number of pyridine rings is 1. The summed E-state index contributed by atoms with van der Waals surface area (Å²) in [6, 6.07) is 8.76. The SMILES string of the molecule is CC(C)(C)OC(=O)N1CCN(C(=O)c2ccc(Nc3ncc(F)c(-c4ccc5scnc5c4)n3)cn2)CC1. The highest BCUT2D eigenvalue weighted by Gasteiger charge is 2.28. The van der Waals surface area contributed by atoms with Gasteiger partial charge in [0.25, 0.3) is 5.91 Å². The fourth-order valence-electron chi connectivity index (χ4n) is 3.94. The van der Waals surface area contributed by atoms with Crippen molar-refractivity contribution < 1.29 is 18.7 Å². The highest BCUT2D eigenvalue weighted by atomic mass is 32.1. The molecule has 196 valence electrons. The first kappa shape index (κ1) is 25.5. The Bertz CT molecular complexity index is 1480. The molecular weight excluding hydrogens is 509 g/mol. The van der Waals surface area contributed by atoms with Gasteiger partial charge in [-0.15, -0.1) is 11.3 Å². The van der Waals surface area contributed by atoms with Crippen LogP contribution in [0.15, 0.2) is 48.2 Å². The molecule has 0 aliphatic carbocycles. The number of amides is 2. The summed E-state index contributed by atoms with van der Waals surface area (Å²) in [5.41, 5.74) is 3.52. The van der Waals surface area contributed by atoms with Gasteiger partial charge in [0, 0.05) is 31.7 Å². The van der Waals surface area contributed by atoms with Gasteiger partial charge in [-0.2, -0.15) is 0 Å². The fourth-order valence-corrected chi connectivity index (χ4v) is 4.60. The molecule has 1 aliphatic rings. The Labute approximate surface area is 222 Å². The molecule has 12 heteroatoms. The van der Waals surface area contributed by atoms with Crippen molar-refractivity contribution in [2.75, 3.05) is 31.5 Å². The number of hydrogen-bond acceptors (Lipinski definition) is 9. The predicted molar refractivity (Wildman–Crippen MR) is 142 cm³/mol. The van der Waals surface area contributed by atoms with Gasteiger partial charge in [-0.3, -0.25) is 4.79 Å². The first-order valence-electron chi connectivity index (χ1n) is 12.0. The molecule has 1 fully saturated rings. The maximum Gasteiger partial charge on any atom is 0.410 e. The van der Waals surface area contributed by atoms with Gasteiger partial charge in [-0.25, -0.2) is 29.1 Å². The van der Waals surface area contributed by atoms with Crippen molar-refractivity contribution in [3.05, 3.63) is 59.7 Å². The van der Waals surface area contributed by atoms with Crippen LogP contribution in [0.3, 0.4) is 0 Å².